The molecule has 1 heterocycles. The number of hydrogen-bond acceptors (Lipinski definition) is 2. The molecule has 0 saturated carbocycles. The van der Waals surface area contributed by atoms with Gasteiger partial charge in [-0.15, -0.1) is 0 Å². The van der Waals surface area contributed by atoms with E-state index in [4.69, 9.17) is 5.73 Å². The van der Waals surface area contributed by atoms with Crippen LogP contribution in [0.4, 0.5) is 10.5 Å². The number of carbonyl (C=O) groups is 1. The van der Waals surface area contributed by atoms with Crippen molar-refractivity contribution in [3.8, 4) is 0 Å². The van der Waals surface area contributed by atoms with Crippen LogP contribution in [-0.2, 0) is 6.42 Å². The maximum atomic E-state index is 11.1. The second-order valence-corrected chi connectivity index (χ2v) is 5.54. The summed E-state index contributed by atoms with van der Waals surface area (Å²) >= 11 is 0. The topological polar surface area (TPSA) is 58.4 Å². The number of primary amides is 1. The molecule has 0 bridgehead atoms. The van der Waals surface area contributed by atoms with E-state index in [-0.39, 0.29) is 6.03 Å². The third-order valence-electron chi connectivity index (χ3n) is 3.95. The molecule has 2 amide bonds. The van der Waals surface area contributed by atoms with Gasteiger partial charge in [-0.1, -0.05) is 25.5 Å². The van der Waals surface area contributed by atoms with E-state index in [1.54, 1.807) is 4.90 Å². The zero-order valence-corrected chi connectivity index (χ0v) is 12.3. The van der Waals surface area contributed by atoms with Gasteiger partial charge in [0.2, 0.25) is 0 Å². The van der Waals surface area contributed by atoms with Crippen molar-refractivity contribution in [3.05, 3.63) is 29.8 Å². The van der Waals surface area contributed by atoms with Crippen molar-refractivity contribution in [3.63, 3.8) is 0 Å². The third-order valence-corrected chi connectivity index (χ3v) is 3.95. The van der Waals surface area contributed by atoms with Gasteiger partial charge in [0.05, 0.1) is 0 Å². The van der Waals surface area contributed by atoms with Gasteiger partial charge < -0.3 is 16.0 Å². The highest BCUT2D eigenvalue weighted by molar-refractivity contribution is 5.72. The van der Waals surface area contributed by atoms with Gasteiger partial charge in [0.25, 0.3) is 0 Å². The molecule has 20 heavy (non-hydrogen) atoms. The number of amides is 2. The minimum absolute atomic E-state index is 0.302. The SMILES string of the molecule is CCCCc1ccc(NC2CCN(C(N)=O)CC2)cc1. The number of aryl methyl sites for hydroxylation is 1. The largest absolute Gasteiger partial charge is 0.382 e. The van der Waals surface area contributed by atoms with Crippen LogP contribution >= 0.6 is 0 Å². The van der Waals surface area contributed by atoms with Gasteiger partial charge in [0.1, 0.15) is 0 Å². The number of likely N-dealkylation sites (tertiary alicyclic amines) is 1. The molecule has 110 valence electrons. The molecule has 1 aromatic rings. The summed E-state index contributed by atoms with van der Waals surface area (Å²) in [5.41, 5.74) is 7.86. The van der Waals surface area contributed by atoms with E-state index in [9.17, 15) is 4.79 Å². The van der Waals surface area contributed by atoms with Gasteiger partial charge in [-0.05, 0) is 43.4 Å². The molecule has 0 aliphatic carbocycles. The smallest absolute Gasteiger partial charge is 0.314 e. The van der Waals surface area contributed by atoms with Crippen molar-refractivity contribution in [2.24, 2.45) is 5.73 Å². The molecule has 1 saturated heterocycles. The summed E-state index contributed by atoms with van der Waals surface area (Å²) in [6, 6.07) is 8.86. The fourth-order valence-corrected chi connectivity index (χ4v) is 2.63. The molecule has 1 aromatic carbocycles. The summed E-state index contributed by atoms with van der Waals surface area (Å²) in [6.07, 6.45) is 5.56. The number of unbranched alkanes of at least 4 members (excludes halogenated alkanes) is 1. The van der Waals surface area contributed by atoms with Gasteiger partial charge in [-0.3, -0.25) is 0 Å². The van der Waals surface area contributed by atoms with Crippen molar-refractivity contribution in [1.29, 1.82) is 0 Å². The number of piperidine rings is 1. The molecule has 2 rings (SSSR count). The Morgan fingerprint density at radius 3 is 2.50 bits per heavy atom. The Morgan fingerprint density at radius 1 is 1.30 bits per heavy atom. The average Bonchev–Trinajstić information content (AvgIpc) is 2.47. The van der Waals surface area contributed by atoms with Crippen LogP contribution in [0.1, 0.15) is 38.2 Å². The average molecular weight is 275 g/mol. The van der Waals surface area contributed by atoms with Gasteiger partial charge >= 0.3 is 6.03 Å². The second-order valence-electron chi connectivity index (χ2n) is 5.54. The summed E-state index contributed by atoms with van der Waals surface area (Å²) in [4.78, 5) is 12.8. The van der Waals surface area contributed by atoms with Gasteiger partial charge in [-0.2, -0.15) is 0 Å². The van der Waals surface area contributed by atoms with Gasteiger partial charge in [0.15, 0.2) is 0 Å². The van der Waals surface area contributed by atoms with Crippen LogP contribution in [0.25, 0.3) is 0 Å². The maximum absolute atomic E-state index is 11.1. The van der Waals surface area contributed by atoms with E-state index in [0.717, 1.165) is 32.4 Å². The zero-order chi connectivity index (χ0) is 14.4. The molecule has 4 nitrogen and oxygen atoms in total. The number of carbonyl (C=O) groups excluding carboxylic acids is 1. The van der Waals surface area contributed by atoms with Crippen LogP contribution in [0.3, 0.4) is 0 Å². The number of nitrogens with one attached hydrogen (secondary N) is 1. The standard InChI is InChI=1S/C16H25N3O/c1-2-3-4-13-5-7-14(8-6-13)18-15-9-11-19(12-10-15)16(17)20/h5-8,15,18H,2-4,9-12H2,1H3,(H2,17,20). The quantitative estimate of drug-likeness (QED) is 0.868. The van der Waals surface area contributed by atoms with E-state index >= 15 is 0 Å². The fourth-order valence-electron chi connectivity index (χ4n) is 2.63. The van der Waals surface area contributed by atoms with Gasteiger partial charge in [-0.25, -0.2) is 4.79 Å². The molecule has 1 aliphatic rings. The fraction of sp³-hybridized carbons (Fsp3) is 0.562. The van der Waals surface area contributed by atoms with Crippen LogP contribution in [-0.4, -0.2) is 30.1 Å². The molecule has 4 heteroatoms. The minimum Gasteiger partial charge on any atom is -0.382 e. The summed E-state index contributed by atoms with van der Waals surface area (Å²) < 4.78 is 0. The number of anilines is 1. The monoisotopic (exact) mass is 275 g/mol. The van der Waals surface area contributed by atoms with E-state index in [1.807, 2.05) is 0 Å². The molecular weight excluding hydrogens is 250 g/mol. The maximum Gasteiger partial charge on any atom is 0.314 e. The zero-order valence-electron chi connectivity index (χ0n) is 12.3. The van der Waals surface area contributed by atoms with Crippen LogP contribution in [0.2, 0.25) is 0 Å². The lowest BCUT2D eigenvalue weighted by atomic mass is 10.0. The van der Waals surface area contributed by atoms with E-state index in [0.29, 0.717) is 6.04 Å². The highest BCUT2D eigenvalue weighted by Crippen LogP contribution is 2.17. The van der Waals surface area contributed by atoms with Crippen molar-refractivity contribution < 1.29 is 4.79 Å². The first-order valence-electron chi connectivity index (χ1n) is 7.59. The predicted molar refractivity (Wildman–Crippen MR) is 82.9 cm³/mol. The first-order chi connectivity index (χ1) is 9.69. The molecule has 0 radical (unpaired) electrons. The number of nitrogens with zero attached hydrogens (tertiary/aromatic N) is 1. The number of nitrogens with two attached hydrogens (primary N) is 1. The lowest BCUT2D eigenvalue weighted by molar-refractivity contribution is 0.193. The summed E-state index contributed by atoms with van der Waals surface area (Å²) in [5.74, 6) is 0. The van der Waals surface area contributed by atoms with Crippen LogP contribution in [0, 0.1) is 0 Å². The minimum atomic E-state index is -0.302. The van der Waals surface area contributed by atoms with Crippen LogP contribution < -0.4 is 11.1 Å². The first kappa shape index (κ1) is 14.7. The second kappa shape index (κ2) is 7.17. The first-order valence-corrected chi connectivity index (χ1v) is 7.59. The summed E-state index contributed by atoms with van der Waals surface area (Å²) in [7, 11) is 0. The molecule has 0 unspecified atom stereocenters. The Labute approximate surface area is 121 Å². The van der Waals surface area contributed by atoms with Crippen molar-refractivity contribution >= 4 is 11.7 Å². The number of urea groups is 1. The molecular formula is C16H25N3O. The Bertz CT molecular complexity index is 422. The van der Waals surface area contributed by atoms with Crippen molar-refractivity contribution in [2.45, 2.75) is 45.1 Å². The normalized spacial score (nSPS) is 16.1. The number of benzene rings is 1. The highest BCUT2D eigenvalue weighted by atomic mass is 16.2. The molecule has 1 aliphatic heterocycles. The number of hydrogen-bond donors (Lipinski definition) is 2. The Balaban J connectivity index is 1.80. The summed E-state index contributed by atoms with van der Waals surface area (Å²) in [6.45, 7) is 3.72. The van der Waals surface area contributed by atoms with E-state index in [2.05, 4.69) is 36.5 Å². The molecule has 0 atom stereocenters. The predicted octanol–water partition coefficient (Wildman–Crippen LogP) is 2.98. The molecule has 0 aromatic heterocycles. The highest BCUT2D eigenvalue weighted by Gasteiger charge is 2.20. The molecule has 1 fully saturated rings. The lowest BCUT2D eigenvalue weighted by Crippen LogP contribution is -2.44. The number of rotatable bonds is 5. The van der Waals surface area contributed by atoms with E-state index in [1.165, 1.54) is 24.1 Å². The van der Waals surface area contributed by atoms with Gasteiger partial charge in [0, 0.05) is 24.8 Å². The van der Waals surface area contributed by atoms with E-state index < -0.39 is 0 Å². The van der Waals surface area contributed by atoms with Crippen LogP contribution in [0.15, 0.2) is 24.3 Å². The lowest BCUT2D eigenvalue weighted by Gasteiger charge is -2.31. The molecule has 3 N–H and O–H groups in total. The summed E-state index contributed by atoms with van der Waals surface area (Å²) in [5, 5.41) is 3.54. The van der Waals surface area contributed by atoms with Crippen molar-refractivity contribution in [1.82, 2.24) is 4.90 Å². The third kappa shape index (κ3) is 4.15. The Morgan fingerprint density at radius 2 is 1.95 bits per heavy atom. The Hall–Kier alpha value is -1.71. The Kier molecular flexibility index (Phi) is 5.27. The van der Waals surface area contributed by atoms with Crippen molar-refractivity contribution in [2.75, 3.05) is 18.4 Å². The molecule has 0 spiro atoms. The van der Waals surface area contributed by atoms with Crippen LogP contribution in [0.5, 0.6) is 0 Å².